The van der Waals surface area contributed by atoms with Gasteiger partial charge < -0.3 is 0 Å². The molecule has 0 aliphatic rings. The molecule has 0 saturated heterocycles. The molecule has 0 aliphatic heterocycles. The lowest BCUT2D eigenvalue weighted by atomic mass is 10.1. The fourth-order valence-electron chi connectivity index (χ4n) is 3.36. The molecule has 0 fully saturated rings. The Labute approximate surface area is 174 Å². The summed E-state index contributed by atoms with van der Waals surface area (Å²) in [5.41, 5.74) is 3.62. The molecule has 2 heterocycles. The normalized spacial score (nSPS) is 11.7. The number of hydrogen-bond donors (Lipinski definition) is 0. The number of sulfonamides is 1. The van der Waals surface area contributed by atoms with E-state index >= 15 is 0 Å². The van der Waals surface area contributed by atoms with Gasteiger partial charge in [-0.15, -0.1) is 10.2 Å². The van der Waals surface area contributed by atoms with Crippen molar-refractivity contribution in [2.75, 3.05) is 4.31 Å². The zero-order valence-electron chi connectivity index (χ0n) is 15.9. The molecule has 0 saturated carbocycles. The molecular weight excluding hydrogens is 408 g/mol. The van der Waals surface area contributed by atoms with Crippen molar-refractivity contribution in [3.63, 3.8) is 0 Å². The number of fused-ring (bicyclic) bond motifs is 1. The van der Waals surface area contributed by atoms with Crippen LogP contribution in [0.1, 0.15) is 16.7 Å². The highest BCUT2D eigenvalue weighted by molar-refractivity contribution is 7.93. The van der Waals surface area contributed by atoms with Crippen molar-refractivity contribution in [2.24, 2.45) is 0 Å². The lowest BCUT2D eigenvalue weighted by molar-refractivity contribution is 0.590. The Bertz CT molecular complexity index is 1280. The summed E-state index contributed by atoms with van der Waals surface area (Å²) in [5, 5.41) is 8.40. The molecule has 2 aromatic carbocycles. The van der Waals surface area contributed by atoms with Gasteiger partial charge in [-0.05, 0) is 66.9 Å². The zero-order chi connectivity index (χ0) is 20.6. The van der Waals surface area contributed by atoms with Gasteiger partial charge in [-0.25, -0.2) is 8.42 Å². The molecule has 4 rings (SSSR count). The number of rotatable bonds is 5. The van der Waals surface area contributed by atoms with Gasteiger partial charge in [0.25, 0.3) is 10.0 Å². The molecular formula is C21H19ClN4O2S. The second-order valence-electron chi connectivity index (χ2n) is 6.92. The van der Waals surface area contributed by atoms with Crippen LogP contribution in [0.15, 0.2) is 72.0 Å². The van der Waals surface area contributed by atoms with Crippen LogP contribution in [0.25, 0.3) is 5.65 Å². The van der Waals surface area contributed by atoms with Gasteiger partial charge >= 0.3 is 0 Å². The minimum atomic E-state index is -3.93. The molecule has 6 nitrogen and oxygen atoms in total. The van der Waals surface area contributed by atoms with Crippen LogP contribution in [0.3, 0.4) is 0 Å². The fourth-order valence-corrected chi connectivity index (χ4v) is 5.14. The van der Waals surface area contributed by atoms with Crippen LogP contribution in [0.2, 0.25) is 5.02 Å². The Morgan fingerprint density at radius 3 is 2.52 bits per heavy atom. The fraction of sp³-hybridized carbons (Fsp3) is 0.143. The van der Waals surface area contributed by atoms with E-state index < -0.39 is 10.0 Å². The molecule has 4 aromatic rings. The summed E-state index contributed by atoms with van der Waals surface area (Å²) >= 11 is 6.13. The maximum absolute atomic E-state index is 13.8. The number of hydrogen-bond acceptors (Lipinski definition) is 4. The highest BCUT2D eigenvalue weighted by atomic mass is 35.5. The monoisotopic (exact) mass is 426 g/mol. The van der Waals surface area contributed by atoms with E-state index in [4.69, 9.17) is 11.6 Å². The lowest BCUT2D eigenvalue weighted by Gasteiger charge is -2.25. The average Bonchev–Trinajstić information content (AvgIpc) is 3.14. The molecule has 2 aromatic heterocycles. The number of benzene rings is 2. The van der Waals surface area contributed by atoms with E-state index in [1.165, 1.54) is 10.6 Å². The van der Waals surface area contributed by atoms with Gasteiger partial charge in [-0.1, -0.05) is 29.8 Å². The van der Waals surface area contributed by atoms with Crippen LogP contribution in [0.5, 0.6) is 0 Å². The Balaban J connectivity index is 1.90. The van der Waals surface area contributed by atoms with Crippen LogP contribution in [0.4, 0.5) is 5.69 Å². The first kappa shape index (κ1) is 19.4. The minimum absolute atomic E-state index is 0.0960. The van der Waals surface area contributed by atoms with Crippen LogP contribution in [0, 0.1) is 13.8 Å². The van der Waals surface area contributed by atoms with Crippen molar-refractivity contribution >= 4 is 33.0 Å². The van der Waals surface area contributed by atoms with Crippen molar-refractivity contribution in [1.82, 2.24) is 14.6 Å². The second-order valence-corrected chi connectivity index (χ2v) is 9.19. The van der Waals surface area contributed by atoms with E-state index in [1.54, 1.807) is 34.9 Å². The average molecular weight is 427 g/mol. The third-order valence-electron chi connectivity index (χ3n) is 4.57. The molecule has 0 amide bonds. The predicted molar refractivity (Wildman–Crippen MR) is 114 cm³/mol. The summed E-state index contributed by atoms with van der Waals surface area (Å²) in [7, 11) is -3.93. The number of pyridine rings is 1. The number of halogens is 1. The van der Waals surface area contributed by atoms with Gasteiger partial charge in [0.15, 0.2) is 5.65 Å². The SMILES string of the molecule is Cc1cc(C)cc(N(Cc2cccc(Cl)c2)S(=O)(=O)c2cccn3cnnc23)c1. The number of anilines is 1. The molecule has 0 bridgehead atoms. The van der Waals surface area contributed by atoms with Gasteiger partial charge in [0.05, 0.1) is 12.2 Å². The zero-order valence-corrected chi connectivity index (χ0v) is 17.5. The van der Waals surface area contributed by atoms with Gasteiger partial charge in [0, 0.05) is 11.2 Å². The summed E-state index contributed by atoms with van der Waals surface area (Å²) in [6.45, 7) is 4.03. The van der Waals surface area contributed by atoms with Crippen LogP contribution >= 0.6 is 11.6 Å². The highest BCUT2D eigenvalue weighted by Crippen LogP contribution is 2.29. The van der Waals surface area contributed by atoms with Crippen LogP contribution in [-0.4, -0.2) is 23.0 Å². The maximum atomic E-state index is 13.8. The Kier molecular flexibility index (Phi) is 5.02. The molecule has 0 unspecified atom stereocenters. The van der Waals surface area contributed by atoms with Crippen molar-refractivity contribution in [2.45, 2.75) is 25.3 Å². The standard InChI is InChI=1S/C21H19ClN4O2S/c1-15-9-16(2)11-19(10-15)26(13-17-5-3-6-18(22)12-17)29(27,28)20-7-4-8-25-14-23-24-21(20)25/h3-12,14H,13H2,1-2H3. The molecule has 0 radical (unpaired) electrons. The summed E-state index contributed by atoms with van der Waals surface area (Å²) < 4.78 is 30.5. The van der Waals surface area contributed by atoms with Crippen LogP contribution < -0.4 is 4.31 Å². The van der Waals surface area contributed by atoms with E-state index in [9.17, 15) is 8.42 Å². The largest absolute Gasteiger partial charge is 0.288 e. The highest BCUT2D eigenvalue weighted by Gasteiger charge is 2.28. The van der Waals surface area contributed by atoms with Crippen LogP contribution in [-0.2, 0) is 16.6 Å². The van der Waals surface area contributed by atoms with Crippen molar-refractivity contribution < 1.29 is 8.42 Å². The van der Waals surface area contributed by atoms with Crippen molar-refractivity contribution in [1.29, 1.82) is 0 Å². The van der Waals surface area contributed by atoms with Gasteiger partial charge in [-0.2, -0.15) is 0 Å². The van der Waals surface area contributed by atoms with Gasteiger partial charge in [0.1, 0.15) is 11.2 Å². The first-order valence-corrected chi connectivity index (χ1v) is 10.8. The number of nitrogens with zero attached hydrogens (tertiary/aromatic N) is 4. The van der Waals surface area contributed by atoms with Gasteiger partial charge in [-0.3, -0.25) is 8.71 Å². The Morgan fingerprint density at radius 2 is 1.79 bits per heavy atom. The molecule has 0 N–H and O–H groups in total. The third-order valence-corrected chi connectivity index (χ3v) is 6.60. The maximum Gasteiger partial charge on any atom is 0.268 e. The molecule has 8 heteroatoms. The van der Waals surface area contributed by atoms with E-state index in [2.05, 4.69) is 10.2 Å². The summed E-state index contributed by atoms with van der Waals surface area (Å²) in [6, 6.07) is 16.1. The summed E-state index contributed by atoms with van der Waals surface area (Å²) in [4.78, 5) is 0.0960. The first-order valence-electron chi connectivity index (χ1n) is 8.98. The summed E-state index contributed by atoms with van der Waals surface area (Å²) in [5.74, 6) is 0. The van der Waals surface area contributed by atoms with E-state index in [-0.39, 0.29) is 17.1 Å². The molecule has 29 heavy (non-hydrogen) atoms. The predicted octanol–water partition coefficient (Wildman–Crippen LogP) is 4.40. The minimum Gasteiger partial charge on any atom is -0.288 e. The van der Waals surface area contributed by atoms with Crippen molar-refractivity contribution in [3.05, 3.63) is 88.8 Å². The molecule has 0 atom stereocenters. The van der Waals surface area contributed by atoms with Gasteiger partial charge in [0.2, 0.25) is 0 Å². The topological polar surface area (TPSA) is 67.6 Å². The quantitative estimate of drug-likeness (QED) is 0.474. The van der Waals surface area contributed by atoms with E-state index in [1.807, 2.05) is 44.2 Å². The van der Waals surface area contributed by atoms with E-state index in [0.29, 0.717) is 10.7 Å². The summed E-state index contributed by atoms with van der Waals surface area (Å²) in [6.07, 6.45) is 3.19. The molecule has 148 valence electrons. The number of aromatic nitrogens is 3. The van der Waals surface area contributed by atoms with E-state index in [0.717, 1.165) is 16.7 Å². The smallest absolute Gasteiger partial charge is 0.268 e. The first-order chi connectivity index (χ1) is 13.8. The Morgan fingerprint density at radius 1 is 1.03 bits per heavy atom. The number of aryl methyl sites for hydroxylation is 2. The van der Waals surface area contributed by atoms with Crippen molar-refractivity contribution in [3.8, 4) is 0 Å². The molecule has 0 aliphatic carbocycles. The Hall–Kier alpha value is -2.90. The third kappa shape index (κ3) is 3.83. The molecule has 0 spiro atoms. The lowest BCUT2D eigenvalue weighted by Crippen LogP contribution is -2.31. The second kappa shape index (κ2) is 7.50.